The molecule has 0 amide bonds. The largest absolute Gasteiger partial charge is 0.502 e. The number of phenols is 1. The van der Waals surface area contributed by atoms with Crippen LogP contribution in [-0.4, -0.2) is 43.4 Å². The summed E-state index contributed by atoms with van der Waals surface area (Å²) in [5.74, 6) is 1.45. The van der Waals surface area contributed by atoms with E-state index in [-0.39, 0.29) is 29.7 Å². The van der Waals surface area contributed by atoms with E-state index in [1.165, 1.54) is 14.2 Å². The van der Waals surface area contributed by atoms with Crippen LogP contribution in [0.4, 0.5) is 0 Å². The molecule has 2 rings (SSSR count). The number of hydrogen-bond donors (Lipinski definition) is 3. The average Bonchev–Trinajstić information content (AvgIpc) is 3.05. The van der Waals surface area contributed by atoms with Gasteiger partial charge in [-0.25, -0.2) is 9.98 Å². The fourth-order valence-corrected chi connectivity index (χ4v) is 3.03. The number of nitrogens with zero attached hydrogens (tertiary/aromatic N) is 2. The number of rotatable bonds is 8. The van der Waals surface area contributed by atoms with E-state index in [0.29, 0.717) is 18.0 Å². The molecule has 0 bridgehead atoms. The zero-order valence-electron chi connectivity index (χ0n) is 16.0. The summed E-state index contributed by atoms with van der Waals surface area (Å²) in [5.41, 5.74) is 1.97. The zero-order valence-corrected chi connectivity index (χ0v) is 19.2. The molecule has 7 nitrogen and oxygen atoms in total. The van der Waals surface area contributed by atoms with Gasteiger partial charge in [-0.1, -0.05) is 0 Å². The van der Waals surface area contributed by atoms with Crippen molar-refractivity contribution in [1.82, 2.24) is 15.6 Å². The molecule has 1 aromatic heterocycles. The molecule has 0 atom stereocenters. The summed E-state index contributed by atoms with van der Waals surface area (Å²) in [6.45, 7) is 5.97. The smallest absolute Gasteiger partial charge is 0.200 e. The second-order valence-electron chi connectivity index (χ2n) is 5.58. The van der Waals surface area contributed by atoms with E-state index < -0.39 is 0 Å². The summed E-state index contributed by atoms with van der Waals surface area (Å²) in [6.07, 6.45) is 0.843. The molecule has 9 heteroatoms. The lowest BCUT2D eigenvalue weighted by molar-refractivity contribution is 0.339. The van der Waals surface area contributed by atoms with Crippen LogP contribution in [0.15, 0.2) is 22.5 Å². The van der Waals surface area contributed by atoms with E-state index in [4.69, 9.17) is 9.47 Å². The lowest BCUT2D eigenvalue weighted by atomic mass is 10.2. The Morgan fingerprint density at radius 1 is 1.22 bits per heavy atom. The first-order chi connectivity index (χ1) is 12.6. The number of phenolic OH excluding ortho intramolecular Hbond substituents is 1. The number of guanidine groups is 1. The van der Waals surface area contributed by atoms with Crippen LogP contribution >= 0.6 is 35.3 Å². The van der Waals surface area contributed by atoms with Crippen LogP contribution in [0.3, 0.4) is 0 Å². The predicted octanol–water partition coefficient (Wildman–Crippen LogP) is 3.09. The van der Waals surface area contributed by atoms with Crippen molar-refractivity contribution in [3.8, 4) is 17.2 Å². The number of thiazole rings is 1. The number of nitrogens with one attached hydrogen (secondary N) is 2. The molecule has 0 aliphatic rings. The highest BCUT2D eigenvalue weighted by Crippen LogP contribution is 2.37. The van der Waals surface area contributed by atoms with Gasteiger partial charge >= 0.3 is 0 Å². The zero-order chi connectivity index (χ0) is 18.9. The highest BCUT2D eigenvalue weighted by molar-refractivity contribution is 14.0. The summed E-state index contributed by atoms with van der Waals surface area (Å²) < 4.78 is 10.4. The first-order valence-corrected chi connectivity index (χ1v) is 9.32. The lowest BCUT2D eigenvalue weighted by Gasteiger charge is -2.12. The normalized spacial score (nSPS) is 10.9. The third-order valence-corrected chi connectivity index (χ3v) is 4.47. The van der Waals surface area contributed by atoms with Crippen molar-refractivity contribution in [2.24, 2.45) is 4.99 Å². The molecule has 2 aromatic rings. The Morgan fingerprint density at radius 2 is 1.89 bits per heavy atom. The highest BCUT2D eigenvalue weighted by atomic mass is 127. The van der Waals surface area contributed by atoms with Gasteiger partial charge in [0.15, 0.2) is 17.5 Å². The monoisotopic (exact) mass is 506 g/mol. The van der Waals surface area contributed by atoms with Crippen molar-refractivity contribution in [3.05, 3.63) is 33.8 Å². The quantitative estimate of drug-likeness (QED) is 0.290. The van der Waals surface area contributed by atoms with Crippen LogP contribution in [0, 0.1) is 6.92 Å². The molecule has 150 valence electrons. The van der Waals surface area contributed by atoms with Gasteiger partial charge in [0.2, 0.25) is 5.75 Å². The summed E-state index contributed by atoms with van der Waals surface area (Å²) in [6, 6.07) is 3.51. The number of benzene rings is 1. The van der Waals surface area contributed by atoms with E-state index in [0.717, 1.165) is 41.7 Å². The van der Waals surface area contributed by atoms with Gasteiger partial charge in [-0.05, 0) is 31.5 Å². The Labute approximate surface area is 181 Å². The maximum atomic E-state index is 9.99. The van der Waals surface area contributed by atoms with Crippen molar-refractivity contribution < 1.29 is 14.6 Å². The summed E-state index contributed by atoms with van der Waals surface area (Å²) >= 11 is 1.66. The SMILES string of the molecule is CCNC(=NCc1cc(OC)c(O)c(OC)c1)NCCc1csc(C)n1.I. The first kappa shape index (κ1) is 23.3. The average molecular weight is 506 g/mol. The summed E-state index contributed by atoms with van der Waals surface area (Å²) in [4.78, 5) is 9.04. The van der Waals surface area contributed by atoms with Crippen LogP contribution in [-0.2, 0) is 13.0 Å². The standard InChI is InChI=1S/C18H26N4O3S.HI/c1-5-19-18(20-7-6-14-11-26-12(2)22-14)21-10-13-8-15(24-3)17(23)16(9-13)25-4;/h8-9,11,23H,5-7,10H2,1-4H3,(H2,19,20,21);1H. The summed E-state index contributed by atoms with van der Waals surface area (Å²) in [7, 11) is 3.01. The number of aryl methyl sites for hydroxylation is 1. The van der Waals surface area contributed by atoms with E-state index in [2.05, 4.69) is 26.0 Å². The number of ether oxygens (including phenoxy) is 2. The molecule has 1 heterocycles. The molecule has 0 saturated heterocycles. The third kappa shape index (κ3) is 7.06. The number of aliphatic imine (C=N–C) groups is 1. The molecule has 1 aromatic carbocycles. The van der Waals surface area contributed by atoms with E-state index >= 15 is 0 Å². The van der Waals surface area contributed by atoms with Crippen molar-refractivity contribution in [1.29, 1.82) is 0 Å². The van der Waals surface area contributed by atoms with Gasteiger partial charge in [0, 0.05) is 24.9 Å². The van der Waals surface area contributed by atoms with E-state index in [1.54, 1.807) is 23.5 Å². The molecule has 3 N–H and O–H groups in total. The number of methoxy groups -OCH3 is 2. The van der Waals surface area contributed by atoms with Gasteiger partial charge in [0.05, 0.1) is 31.5 Å². The van der Waals surface area contributed by atoms with Gasteiger partial charge in [-0.3, -0.25) is 0 Å². The van der Waals surface area contributed by atoms with Crippen LogP contribution in [0.25, 0.3) is 0 Å². The lowest BCUT2D eigenvalue weighted by Crippen LogP contribution is -2.38. The predicted molar refractivity (Wildman–Crippen MR) is 120 cm³/mol. The van der Waals surface area contributed by atoms with Crippen molar-refractivity contribution >= 4 is 41.3 Å². The van der Waals surface area contributed by atoms with Crippen LogP contribution in [0.1, 0.15) is 23.2 Å². The Balaban J connectivity index is 0.00000364. The van der Waals surface area contributed by atoms with Crippen LogP contribution in [0.5, 0.6) is 17.2 Å². The van der Waals surface area contributed by atoms with Gasteiger partial charge < -0.3 is 25.2 Å². The van der Waals surface area contributed by atoms with Crippen molar-refractivity contribution in [2.75, 3.05) is 27.3 Å². The topological polar surface area (TPSA) is 88.0 Å². The Bertz CT molecular complexity index is 727. The third-order valence-electron chi connectivity index (χ3n) is 3.64. The Morgan fingerprint density at radius 3 is 2.41 bits per heavy atom. The molecule has 0 radical (unpaired) electrons. The Hall–Kier alpha value is -1.75. The summed E-state index contributed by atoms with van der Waals surface area (Å²) in [5, 5.41) is 19.7. The van der Waals surface area contributed by atoms with Gasteiger partial charge in [0.25, 0.3) is 0 Å². The molecule has 0 unspecified atom stereocenters. The molecular weight excluding hydrogens is 479 g/mol. The molecule has 0 aliphatic heterocycles. The van der Waals surface area contributed by atoms with E-state index in [1.807, 2.05) is 13.8 Å². The van der Waals surface area contributed by atoms with Crippen molar-refractivity contribution in [2.45, 2.75) is 26.8 Å². The molecule has 0 saturated carbocycles. The number of aromatic nitrogens is 1. The second kappa shape index (κ2) is 11.9. The van der Waals surface area contributed by atoms with E-state index in [9.17, 15) is 5.11 Å². The molecule has 27 heavy (non-hydrogen) atoms. The van der Waals surface area contributed by atoms with Crippen LogP contribution < -0.4 is 20.1 Å². The Kier molecular flexibility index (Phi) is 10.2. The fraction of sp³-hybridized carbons (Fsp3) is 0.444. The minimum atomic E-state index is -0.00804. The highest BCUT2D eigenvalue weighted by Gasteiger charge is 2.11. The maximum Gasteiger partial charge on any atom is 0.200 e. The molecule has 0 fully saturated rings. The minimum absolute atomic E-state index is 0. The van der Waals surface area contributed by atoms with Gasteiger partial charge in [-0.2, -0.15) is 0 Å². The van der Waals surface area contributed by atoms with Gasteiger partial charge in [-0.15, -0.1) is 35.3 Å². The fourth-order valence-electron chi connectivity index (χ4n) is 2.38. The maximum absolute atomic E-state index is 9.99. The minimum Gasteiger partial charge on any atom is -0.502 e. The molecular formula is C18H27IN4O3S. The number of aromatic hydroxyl groups is 1. The van der Waals surface area contributed by atoms with Crippen LogP contribution in [0.2, 0.25) is 0 Å². The first-order valence-electron chi connectivity index (χ1n) is 8.44. The van der Waals surface area contributed by atoms with Gasteiger partial charge in [0.1, 0.15) is 0 Å². The molecule has 0 aliphatic carbocycles. The molecule has 0 spiro atoms. The number of hydrogen-bond acceptors (Lipinski definition) is 6. The van der Waals surface area contributed by atoms with Crippen molar-refractivity contribution in [3.63, 3.8) is 0 Å². The second-order valence-corrected chi connectivity index (χ2v) is 6.64. The number of halogens is 1.